The Kier molecular flexibility index (Phi) is 3.55. The van der Waals surface area contributed by atoms with Crippen LogP contribution in [0.2, 0.25) is 0 Å². The van der Waals surface area contributed by atoms with Crippen LogP contribution in [0, 0.1) is 24.7 Å². The van der Waals surface area contributed by atoms with Crippen molar-refractivity contribution in [3.63, 3.8) is 0 Å². The van der Waals surface area contributed by atoms with Crippen LogP contribution >= 0.6 is 0 Å². The highest BCUT2D eigenvalue weighted by atomic mass is 16.1. The first-order chi connectivity index (χ1) is 12.7. The van der Waals surface area contributed by atoms with E-state index in [1.165, 1.54) is 12.8 Å². The second kappa shape index (κ2) is 5.94. The van der Waals surface area contributed by atoms with Crippen LogP contribution < -0.4 is 5.32 Å². The van der Waals surface area contributed by atoms with E-state index in [2.05, 4.69) is 22.3 Å². The SMILES string of the molecule is Cc1ccc(NC(=O)C2CC(C3CC3)C2)cc1-c1cn2nccc2cn1. The summed E-state index contributed by atoms with van der Waals surface area (Å²) in [4.78, 5) is 17.1. The lowest BCUT2D eigenvalue weighted by Gasteiger charge is -2.34. The fraction of sp³-hybridized carbons (Fsp3) is 0.381. The average molecular weight is 346 g/mol. The Labute approximate surface area is 152 Å². The number of anilines is 1. The van der Waals surface area contributed by atoms with E-state index >= 15 is 0 Å². The van der Waals surface area contributed by atoms with Gasteiger partial charge < -0.3 is 5.32 Å². The van der Waals surface area contributed by atoms with Gasteiger partial charge in [-0.05, 0) is 68.2 Å². The molecule has 0 aliphatic heterocycles. The Morgan fingerprint density at radius 2 is 2.04 bits per heavy atom. The van der Waals surface area contributed by atoms with Crippen molar-refractivity contribution in [1.29, 1.82) is 0 Å². The van der Waals surface area contributed by atoms with Crippen molar-refractivity contribution in [1.82, 2.24) is 14.6 Å². The van der Waals surface area contributed by atoms with E-state index in [0.29, 0.717) is 0 Å². The van der Waals surface area contributed by atoms with E-state index in [0.717, 1.165) is 52.7 Å². The molecule has 0 bridgehead atoms. The van der Waals surface area contributed by atoms with E-state index < -0.39 is 0 Å². The molecule has 2 heterocycles. The molecule has 1 aromatic carbocycles. The van der Waals surface area contributed by atoms with Crippen LogP contribution in [-0.2, 0) is 4.79 Å². The van der Waals surface area contributed by atoms with Crippen molar-refractivity contribution in [2.75, 3.05) is 5.32 Å². The number of carbonyl (C=O) groups excluding carboxylic acids is 1. The molecule has 2 aliphatic carbocycles. The Balaban J connectivity index is 1.35. The van der Waals surface area contributed by atoms with Crippen molar-refractivity contribution in [3.05, 3.63) is 48.4 Å². The van der Waals surface area contributed by atoms with Gasteiger partial charge >= 0.3 is 0 Å². The number of hydrogen-bond acceptors (Lipinski definition) is 3. The van der Waals surface area contributed by atoms with Crippen LogP contribution in [-0.4, -0.2) is 20.5 Å². The molecule has 1 amide bonds. The summed E-state index contributed by atoms with van der Waals surface area (Å²) in [7, 11) is 0. The fourth-order valence-corrected chi connectivity index (χ4v) is 4.01. The molecule has 3 aromatic rings. The van der Waals surface area contributed by atoms with Gasteiger partial charge in [0.2, 0.25) is 5.91 Å². The number of hydrogen-bond donors (Lipinski definition) is 1. The minimum absolute atomic E-state index is 0.159. The summed E-state index contributed by atoms with van der Waals surface area (Å²) in [5.41, 5.74) is 4.80. The molecule has 2 saturated carbocycles. The molecule has 2 fully saturated rings. The van der Waals surface area contributed by atoms with Crippen molar-refractivity contribution >= 4 is 17.1 Å². The molecule has 2 aromatic heterocycles. The Morgan fingerprint density at radius 3 is 2.85 bits per heavy atom. The normalized spacial score (nSPS) is 22.2. The molecule has 0 saturated heterocycles. The first kappa shape index (κ1) is 15.6. The van der Waals surface area contributed by atoms with Gasteiger partial charge in [-0.2, -0.15) is 5.10 Å². The third kappa shape index (κ3) is 2.77. The second-order valence-electron chi connectivity index (χ2n) is 7.76. The Hall–Kier alpha value is -2.69. The molecule has 0 atom stereocenters. The lowest BCUT2D eigenvalue weighted by atomic mass is 9.72. The molecular weight excluding hydrogens is 324 g/mol. The highest BCUT2D eigenvalue weighted by Gasteiger charge is 2.42. The van der Waals surface area contributed by atoms with Crippen LogP contribution in [0.1, 0.15) is 31.2 Å². The van der Waals surface area contributed by atoms with Crippen LogP contribution in [0.4, 0.5) is 5.69 Å². The summed E-state index contributed by atoms with van der Waals surface area (Å²) in [6.45, 7) is 2.06. The highest BCUT2D eigenvalue weighted by molar-refractivity contribution is 5.93. The molecule has 5 nitrogen and oxygen atoms in total. The molecule has 2 aliphatic rings. The summed E-state index contributed by atoms with van der Waals surface area (Å²) >= 11 is 0. The third-order valence-corrected chi connectivity index (χ3v) is 5.90. The molecule has 26 heavy (non-hydrogen) atoms. The van der Waals surface area contributed by atoms with Gasteiger partial charge in [-0.3, -0.25) is 9.78 Å². The summed E-state index contributed by atoms with van der Waals surface area (Å²) in [5, 5.41) is 7.38. The Morgan fingerprint density at radius 1 is 1.19 bits per heavy atom. The number of aromatic nitrogens is 3. The highest BCUT2D eigenvalue weighted by Crippen LogP contribution is 2.49. The largest absolute Gasteiger partial charge is 0.326 e. The number of rotatable bonds is 4. The molecule has 1 N–H and O–H groups in total. The summed E-state index contributed by atoms with van der Waals surface area (Å²) in [6, 6.07) is 7.95. The second-order valence-corrected chi connectivity index (χ2v) is 7.76. The van der Waals surface area contributed by atoms with E-state index in [4.69, 9.17) is 0 Å². The molecule has 5 rings (SSSR count). The Bertz CT molecular complexity index is 983. The van der Waals surface area contributed by atoms with Gasteiger partial charge in [0, 0.05) is 17.2 Å². The summed E-state index contributed by atoms with van der Waals surface area (Å²) < 4.78 is 1.82. The van der Waals surface area contributed by atoms with Gasteiger partial charge in [-0.1, -0.05) is 6.07 Å². The lowest BCUT2D eigenvalue weighted by molar-refractivity contribution is -0.124. The molecular formula is C21H22N4O. The maximum Gasteiger partial charge on any atom is 0.227 e. The van der Waals surface area contributed by atoms with E-state index in [-0.39, 0.29) is 11.8 Å². The van der Waals surface area contributed by atoms with Gasteiger partial charge in [0.1, 0.15) is 0 Å². The summed E-state index contributed by atoms with van der Waals surface area (Å²) in [6.07, 6.45) is 10.4. The van der Waals surface area contributed by atoms with E-state index in [1.54, 1.807) is 6.20 Å². The first-order valence-corrected chi connectivity index (χ1v) is 9.38. The van der Waals surface area contributed by atoms with Gasteiger partial charge in [-0.25, -0.2) is 4.52 Å². The minimum atomic E-state index is 0.159. The van der Waals surface area contributed by atoms with Crippen molar-refractivity contribution in [2.24, 2.45) is 17.8 Å². The van der Waals surface area contributed by atoms with Crippen LogP contribution in [0.3, 0.4) is 0 Å². The van der Waals surface area contributed by atoms with Crippen molar-refractivity contribution < 1.29 is 4.79 Å². The molecule has 0 spiro atoms. The fourth-order valence-electron chi connectivity index (χ4n) is 4.01. The summed E-state index contributed by atoms with van der Waals surface area (Å²) in [5.74, 6) is 2.05. The van der Waals surface area contributed by atoms with Gasteiger partial charge in [-0.15, -0.1) is 0 Å². The number of nitrogens with one attached hydrogen (secondary N) is 1. The maximum atomic E-state index is 12.5. The number of fused-ring (bicyclic) bond motifs is 1. The van der Waals surface area contributed by atoms with Crippen LogP contribution in [0.25, 0.3) is 16.8 Å². The molecule has 0 radical (unpaired) electrons. The zero-order valence-electron chi connectivity index (χ0n) is 14.9. The monoisotopic (exact) mass is 346 g/mol. The van der Waals surface area contributed by atoms with Gasteiger partial charge in [0.25, 0.3) is 0 Å². The van der Waals surface area contributed by atoms with Crippen LogP contribution in [0.5, 0.6) is 0 Å². The van der Waals surface area contributed by atoms with E-state index in [9.17, 15) is 4.79 Å². The average Bonchev–Trinajstić information content (AvgIpc) is 3.30. The predicted octanol–water partition coefficient (Wildman–Crippen LogP) is 4.08. The standard InChI is InChI=1S/C21H22N4O/c1-13-2-5-17(24-21(26)16-8-15(9-16)14-3-4-14)10-19(13)20-12-25-18(11-22-20)6-7-23-25/h2,5-7,10-12,14-16H,3-4,8-9H2,1H3,(H,24,26). The van der Waals surface area contributed by atoms with E-state index in [1.807, 2.05) is 41.2 Å². The minimum Gasteiger partial charge on any atom is -0.326 e. The van der Waals surface area contributed by atoms with Crippen molar-refractivity contribution in [2.45, 2.75) is 32.6 Å². The number of amides is 1. The number of aryl methyl sites for hydroxylation is 1. The zero-order valence-corrected chi connectivity index (χ0v) is 14.9. The van der Waals surface area contributed by atoms with Gasteiger partial charge in [0.15, 0.2) is 0 Å². The smallest absolute Gasteiger partial charge is 0.227 e. The maximum absolute atomic E-state index is 12.5. The van der Waals surface area contributed by atoms with Crippen LogP contribution in [0.15, 0.2) is 42.9 Å². The topological polar surface area (TPSA) is 59.3 Å². The zero-order chi connectivity index (χ0) is 17.7. The predicted molar refractivity (Wildman–Crippen MR) is 101 cm³/mol. The molecule has 5 heteroatoms. The number of benzene rings is 1. The molecule has 0 unspecified atom stereocenters. The lowest BCUT2D eigenvalue weighted by Crippen LogP contribution is -2.35. The third-order valence-electron chi connectivity index (χ3n) is 5.90. The number of carbonyl (C=O) groups is 1. The van der Waals surface area contributed by atoms with Gasteiger partial charge in [0.05, 0.1) is 29.8 Å². The quantitative estimate of drug-likeness (QED) is 0.774. The number of nitrogens with zero attached hydrogens (tertiary/aromatic N) is 3. The van der Waals surface area contributed by atoms with Crippen molar-refractivity contribution in [3.8, 4) is 11.3 Å². The molecule has 132 valence electrons. The first-order valence-electron chi connectivity index (χ1n) is 9.38.